The molecule has 1 aromatic carbocycles. The van der Waals surface area contributed by atoms with Gasteiger partial charge in [-0.15, -0.1) is 12.1 Å². The van der Waals surface area contributed by atoms with Gasteiger partial charge in [0, 0.05) is 22.6 Å². The fraction of sp³-hybridized carbons (Fsp3) is 0.0714. The van der Waals surface area contributed by atoms with E-state index in [-0.39, 0.29) is 17.1 Å². The van der Waals surface area contributed by atoms with Gasteiger partial charge in [-0.25, -0.2) is 6.42 Å². The standard InChI is InChI=1S/C7H8O.C7H5.Fe/c1-6(8)7-4-2-3-5-7;1-2-7-5-3-4-6-7;/h2-5,8H,1H3;1,3-6H;/q;-1;. The quantitative estimate of drug-likeness (QED) is 0.325. The molecular formula is C14H13FeO-. The maximum absolute atomic E-state index is 8.83. The summed E-state index contributed by atoms with van der Waals surface area (Å²) in [6.45, 7) is 1.68. The van der Waals surface area contributed by atoms with Crippen LogP contribution in [0.3, 0.4) is 0 Å². The predicted molar refractivity (Wildman–Crippen MR) is 63.6 cm³/mol. The van der Waals surface area contributed by atoms with Crippen LogP contribution in [0.25, 0.3) is 0 Å². The van der Waals surface area contributed by atoms with Crippen molar-refractivity contribution >= 4 is 0 Å². The van der Waals surface area contributed by atoms with E-state index in [1.165, 1.54) is 0 Å². The Kier molecular flexibility index (Phi) is 6.96. The molecule has 1 aliphatic rings. The van der Waals surface area contributed by atoms with Gasteiger partial charge >= 0.3 is 0 Å². The van der Waals surface area contributed by atoms with Crippen LogP contribution in [0.4, 0.5) is 0 Å². The number of aliphatic hydroxyl groups is 1. The number of hydrogen-bond acceptors (Lipinski definition) is 1. The van der Waals surface area contributed by atoms with E-state index in [1.807, 2.05) is 48.6 Å². The normalized spacial score (nSPS) is 11.1. The molecule has 1 nitrogen and oxygen atoms in total. The van der Waals surface area contributed by atoms with E-state index in [9.17, 15) is 0 Å². The zero-order valence-electron chi connectivity index (χ0n) is 9.00. The molecular weight excluding hydrogens is 240 g/mol. The van der Waals surface area contributed by atoms with Crippen LogP contribution in [-0.4, -0.2) is 5.11 Å². The minimum absolute atomic E-state index is 0. The Bertz CT molecular complexity index is 410. The number of rotatable bonds is 0. The maximum atomic E-state index is 8.83. The molecule has 0 atom stereocenters. The van der Waals surface area contributed by atoms with Crippen LogP contribution in [0.2, 0.25) is 0 Å². The van der Waals surface area contributed by atoms with Crippen molar-refractivity contribution in [3.63, 3.8) is 0 Å². The van der Waals surface area contributed by atoms with Crippen molar-refractivity contribution in [3.8, 4) is 12.3 Å². The summed E-state index contributed by atoms with van der Waals surface area (Å²) in [7, 11) is 0. The van der Waals surface area contributed by atoms with Crippen LogP contribution < -0.4 is 0 Å². The van der Waals surface area contributed by atoms with Crippen LogP contribution in [-0.2, 0) is 17.1 Å². The molecule has 2 heteroatoms. The Morgan fingerprint density at radius 1 is 1.25 bits per heavy atom. The van der Waals surface area contributed by atoms with Crippen molar-refractivity contribution in [1.29, 1.82) is 0 Å². The molecule has 84 valence electrons. The molecule has 0 saturated heterocycles. The van der Waals surface area contributed by atoms with Crippen molar-refractivity contribution < 1.29 is 22.2 Å². The van der Waals surface area contributed by atoms with Crippen LogP contribution >= 0.6 is 0 Å². The van der Waals surface area contributed by atoms with Gasteiger partial charge < -0.3 is 5.11 Å². The molecule has 0 unspecified atom stereocenters. The molecule has 0 heterocycles. The van der Waals surface area contributed by atoms with E-state index in [4.69, 9.17) is 11.5 Å². The summed E-state index contributed by atoms with van der Waals surface area (Å²) in [5.41, 5.74) is 1.87. The third-order valence-corrected chi connectivity index (χ3v) is 1.91. The van der Waals surface area contributed by atoms with Gasteiger partial charge in [0.05, 0.1) is 5.76 Å². The Hall–Kier alpha value is -1.55. The van der Waals surface area contributed by atoms with E-state index >= 15 is 0 Å². The van der Waals surface area contributed by atoms with E-state index < -0.39 is 0 Å². The summed E-state index contributed by atoms with van der Waals surface area (Å²) in [5, 5.41) is 8.83. The number of allylic oxidation sites excluding steroid dienone is 6. The van der Waals surface area contributed by atoms with Crippen molar-refractivity contribution in [3.05, 3.63) is 65.5 Å². The molecule has 1 aliphatic carbocycles. The summed E-state index contributed by atoms with van der Waals surface area (Å²) < 4.78 is 0. The monoisotopic (exact) mass is 253 g/mol. The van der Waals surface area contributed by atoms with Gasteiger partial charge in [-0.2, -0.15) is 18.1 Å². The van der Waals surface area contributed by atoms with Crippen LogP contribution in [0.5, 0.6) is 0 Å². The molecule has 0 spiro atoms. The Labute approximate surface area is 107 Å². The number of hydrogen-bond donors (Lipinski definition) is 1. The minimum atomic E-state index is 0. The smallest absolute Gasteiger partial charge is 0.0963 e. The molecule has 0 bridgehead atoms. The summed E-state index contributed by atoms with van der Waals surface area (Å²) in [6.07, 6.45) is 12.6. The number of aliphatic hydroxyl groups excluding tert-OH is 1. The second kappa shape index (κ2) is 7.70. The average molecular weight is 253 g/mol. The first-order chi connectivity index (χ1) is 7.24. The van der Waals surface area contributed by atoms with Crippen molar-refractivity contribution in [2.24, 2.45) is 0 Å². The molecule has 0 fully saturated rings. The molecule has 1 N–H and O–H groups in total. The summed E-state index contributed by atoms with van der Waals surface area (Å²) in [5.74, 6) is 2.89. The Morgan fingerprint density at radius 3 is 2.00 bits per heavy atom. The third kappa shape index (κ3) is 4.79. The van der Waals surface area contributed by atoms with Crippen LogP contribution in [0, 0.1) is 12.3 Å². The summed E-state index contributed by atoms with van der Waals surface area (Å²) in [6, 6.07) is 7.66. The Morgan fingerprint density at radius 2 is 1.75 bits per heavy atom. The first kappa shape index (κ1) is 14.4. The second-order valence-electron chi connectivity index (χ2n) is 3.08. The van der Waals surface area contributed by atoms with Gasteiger partial charge in [-0.3, -0.25) is 0 Å². The Balaban J connectivity index is 0.000000267. The van der Waals surface area contributed by atoms with E-state index in [1.54, 1.807) is 6.92 Å². The maximum Gasteiger partial charge on any atom is 0.0963 e. The van der Waals surface area contributed by atoms with Crippen molar-refractivity contribution in [2.45, 2.75) is 6.92 Å². The summed E-state index contributed by atoms with van der Waals surface area (Å²) in [4.78, 5) is 0. The molecule has 2 rings (SSSR count). The third-order valence-electron chi connectivity index (χ3n) is 1.91. The number of terminal acetylenes is 1. The average Bonchev–Trinajstić information content (AvgIpc) is 2.92. The van der Waals surface area contributed by atoms with Gasteiger partial charge in [0.15, 0.2) is 0 Å². The molecule has 0 aromatic heterocycles. The SMILES string of the molecule is C#C[c-]1cccc1.CC(O)=C1C=CC=C1.[Fe]. The fourth-order valence-electron chi connectivity index (χ4n) is 1.09. The fourth-order valence-corrected chi connectivity index (χ4v) is 1.09. The van der Waals surface area contributed by atoms with Crippen molar-refractivity contribution in [1.82, 2.24) is 0 Å². The van der Waals surface area contributed by atoms with Crippen molar-refractivity contribution in [2.75, 3.05) is 0 Å². The van der Waals surface area contributed by atoms with E-state index in [0.29, 0.717) is 5.76 Å². The zero-order valence-corrected chi connectivity index (χ0v) is 10.1. The van der Waals surface area contributed by atoms with Gasteiger partial charge in [-0.05, 0) is 6.92 Å². The van der Waals surface area contributed by atoms with Crippen LogP contribution in [0.1, 0.15) is 12.5 Å². The molecule has 1 aromatic rings. The van der Waals surface area contributed by atoms with Gasteiger partial charge in [0.25, 0.3) is 0 Å². The summed E-state index contributed by atoms with van der Waals surface area (Å²) >= 11 is 0. The molecule has 16 heavy (non-hydrogen) atoms. The topological polar surface area (TPSA) is 20.2 Å². The first-order valence-corrected chi connectivity index (χ1v) is 4.67. The van der Waals surface area contributed by atoms with E-state index in [0.717, 1.165) is 11.1 Å². The van der Waals surface area contributed by atoms with Crippen LogP contribution in [0.15, 0.2) is 59.9 Å². The molecule has 0 saturated carbocycles. The molecule has 0 amide bonds. The first-order valence-electron chi connectivity index (χ1n) is 4.67. The van der Waals surface area contributed by atoms with E-state index in [2.05, 4.69) is 5.92 Å². The van der Waals surface area contributed by atoms with Gasteiger partial charge in [-0.1, -0.05) is 29.9 Å². The minimum Gasteiger partial charge on any atom is -0.512 e. The second-order valence-corrected chi connectivity index (χ2v) is 3.08. The molecule has 0 radical (unpaired) electrons. The van der Waals surface area contributed by atoms with Gasteiger partial charge in [0.1, 0.15) is 0 Å². The molecule has 0 aliphatic heterocycles. The predicted octanol–water partition coefficient (Wildman–Crippen LogP) is 3.33. The van der Waals surface area contributed by atoms with Gasteiger partial charge in [0.2, 0.25) is 0 Å². The largest absolute Gasteiger partial charge is 0.512 e. The zero-order chi connectivity index (χ0) is 11.1.